The maximum absolute atomic E-state index is 10.9. The average Bonchev–Trinajstić information content (AvgIpc) is 2.35. The molecule has 94 valence electrons. The monoisotopic (exact) mass is 362 g/mol. The quantitative estimate of drug-likeness (QED) is 0.263. The lowest BCUT2D eigenvalue weighted by molar-refractivity contribution is -0.385. The number of benzene rings is 1. The number of ether oxygens (including phenoxy) is 1. The Hall–Kier alpha value is -1.93. The number of carbonyl (C=O) groups is 1. The van der Waals surface area contributed by atoms with Crippen molar-refractivity contribution in [3.63, 3.8) is 0 Å². The van der Waals surface area contributed by atoms with Gasteiger partial charge in [-0.05, 0) is 28.7 Å². The van der Waals surface area contributed by atoms with Crippen molar-refractivity contribution in [3.05, 3.63) is 31.4 Å². The molecule has 0 spiro atoms. The second kappa shape index (κ2) is 6.12. The van der Waals surface area contributed by atoms with Crippen molar-refractivity contribution in [2.24, 2.45) is 5.84 Å². The molecule has 0 heterocycles. The van der Waals surface area contributed by atoms with E-state index in [9.17, 15) is 14.9 Å². The second-order valence-corrected chi connectivity index (χ2v) is 4.19. The van der Waals surface area contributed by atoms with Crippen molar-refractivity contribution in [2.75, 3.05) is 6.61 Å². The first-order chi connectivity index (χ1) is 8.49. The molecule has 0 atom stereocenters. The summed E-state index contributed by atoms with van der Waals surface area (Å²) in [5, 5.41) is 19.6. The molecule has 18 heavy (non-hydrogen) atoms. The van der Waals surface area contributed by atoms with Gasteiger partial charge < -0.3 is 4.74 Å². The number of hydrogen-bond donors (Lipinski definition) is 2. The zero-order valence-electron chi connectivity index (χ0n) is 8.84. The van der Waals surface area contributed by atoms with Crippen molar-refractivity contribution in [1.82, 2.24) is 5.43 Å². The summed E-state index contributed by atoms with van der Waals surface area (Å²) in [6.45, 7) is -0.445. The molecular formula is C9H7IN4O4. The predicted molar refractivity (Wildman–Crippen MR) is 68.4 cm³/mol. The van der Waals surface area contributed by atoms with Gasteiger partial charge in [0.1, 0.15) is 0 Å². The molecule has 0 bridgehead atoms. The third-order valence-electron chi connectivity index (χ3n) is 1.86. The van der Waals surface area contributed by atoms with Crippen LogP contribution in [0.5, 0.6) is 5.75 Å². The molecule has 0 aliphatic rings. The number of hydrogen-bond acceptors (Lipinski definition) is 6. The first-order valence-corrected chi connectivity index (χ1v) is 5.57. The number of hydrazine groups is 1. The molecule has 9 heteroatoms. The highest BCUT2D eigenvalue weighted by Crippen LogP contribution is 2.33. The minimum Gasteiger partial charge on any atom is -0.476 e. The van der Waals surface area contributed by atoms with E-state index in [2.05, 4.69) is 0 Å². The van der Waals surface area contributed by atoms with Crippen LogP contribution in [-0.4, -0.2) is 17.4 Å². The van der Waals surface area contributed by atoms with Gasteiger partial charge in [-0.25, -0.2) is 5.84 Å². The smallest absolute Gasteiger partial charge is 0.313 e. The van der Waals surface area contributed by atoms with Gasteiger partial charge in [0.05, 0.1) is 20.1 Å². The summed E-state index contributed by atoms with van der Waals surface area (Å²) in [6.07, 6.45) is 0. The fraction of sp³-hybridized carbons (Fsp3) is 0.111. The van der Waals surface area contributed by atoms with Gasteiger partial charge in [0, 0.05) is 6.07 Å². The third kappa shape index (κ3) is 3.28. The van der Waals surface area contributed by atoms with Crippen molar-refractivity contribution in [1.29, 1.82) is 5.26 Å². The van der Waals surface area contributed by atoms with Crippen LogP contribution in [0.2, 0.25) is 0 Å². The van der Waals surface area contributed by atoms with Gasteiger partial charge in [0.25, 0.3) is 5.91 Å². The lowest BCUT2D eigenvalue weighted by Gasteiger charge is -2.08. The number of nitrogens with one attached hydrogen (secondary N) is 1. The summed E-state index contributed by atoms with van der Waals surface area (Å²) in [5.74, 6) is 4.17. The van der Waals surface area contributed by atoms with Gasteiger partial charge >= 0.3 is 5.69 Å². The Morgan fingerprint density at radius 3 is 2.83 bits per heavy atom. The van der Waals surface area contributed by atoms with E-state index in [-0.39, 0.29) is 17.0 Å². The number of nitrogens with zero attached hydrogens (tertiary/aromatic N) is 2. The maximum Gasteiger partial charge on any atom is 0.313 e. The lowest BCUT2D eigenvalue weighted by atomic mass is 10.2. The Labute approximate surface area is 115 Å². The first-order valence-electron chi connectivity index (χ1n) is 4.50. The highest BCUT2D eigenvalue weighted by Gasteiger charge is 2.21. The predicted octanol–water partition coefficient (Wildman–Crippen LogP) is 0.440. The number of nitriles is 1. The molecule has 0 unspecified atom stereocenters. The molecule has 0 aromatic heterocycles. The van der Waals surface area contributed by atoms with Gasteiger partial charge in [-0.15, -0.1) is 0 Å². The van der Waals surface area contributed by atoms with Crippen LogP contribution in [0.15, 0.2) is 12.1 Å². The van der Waals surface area contributed by atoms with Crippen LogP contribution in [-0.2, 0) is 4.79 Å². The van der Waals surface area contributed by atoms with E-state index in [1.807, 2.05) is 5.43 Å². The van der Waals surface area contributed by atoms with Gasteiger partial charge in [0.15, 0.2) is 6.61 Å². The molecule has 8 nitrogen and oxygen atoms in total. The molecule has 0 saturated carbocycles. The minimum absolute atomic E-state index is 0.0665. The Bertz CT molecular complexity index is 540. The molecule has 1 rings (SSSR count). The van der Waals surface area contributed by atoms with E-state index < -0.39 is 17.4 Å². The van der Waals surface area contributed by atoms with Crippen LogP contribution in [0.4, 0.5) is 5.69 Å². The number of nitrogens with two attached hydrogens (primary N) is 1. The van der Waals surface area contributed by atoms with Gasteiger partial charge in [0.2, 0.25) is 5.75 Å². The van der Waals surface area contributed by atoms with Gasteiger partial charge in [-0.3, -0.25) is 20.3 Å². The molecule has 0 aliphatic carbocycles. The summed E-state index contributed by atoms with van der Waals surface area (Å²) in [4.78, 5) is 21.1. The molecule has 1 amide bonds. The van der Waals surface area contributed by atoms with Crippen LogP contribution in [0.1, 0.15) is 5.56 Å². The third-order valence-corrected chi connectivity index (χ3v) is 2.66. The average molecular weight is 362 g/mol. The first kappa shape index (κ1) is 14.1. The van der Waals surface area contributed by atoms with Crippen LogP contribution in [0.25, 0.3) is 0 Å². The van der Waals surface area contributed by atoms with Crippen molar-refractivity contribution < 1.29 is 14.5 Å². The van der Waals surface area contributed by atoms with E-state index in [4.69, 9.17) is 15.8 Å². The van der Waals surface area contributed by atoms with Crippen molar-refractivity contribution >= 4 is 34.2 Å². The summed E-state index contributed by atoms with van der Waals surface area (Å²) in [6, 6.07) is 4.30. The summed E-state index contributed by atoms with van der Waals surface area (Å²) >= 11 is 1.78. The molecular weight excluding hydrogens is 355 g/mol. The lowest BCUT2D eigenvalue weighted by Crippen LogP contribution is -2.34. The van der Waals surface area contributed by atoms with E-state index in [0.717, 1.165) is 6.07 Å². The van der Waals surface area contributed by atoms with Gasteiger partial charge in [-0.1, -0.05) is 0 Å². The van der Waals surface area contributed by atoms with Crippen LogP contribution in [0, 0.1) is 25.0 Å². The van der Waals surface area contributed by atoms with E-state index in [1.54, 1.807) is 28.7 Å². The van der Waals surface area contributed by atoms with E-state index in [1.165, 1.54) is 6.07 Å². The van der Waals surface area contributed by atoms with Gasteiger partial charge in [-0.2, -0.15) is 5.26 Å². The fourth-order valence-corrected chi connectivity index (χ4v) is 1.87. The van der Waals surface area contributed by atoms with Crippen LogP contribution < -0.4 is 16.0 Å². The normalized spacial score (nSPS) is 9.39. The zero-order valence-corrected chi connectivity index (χ0v) is 11.0. The second-order valence-electron chi connectivity index (χ2n) is 3.03. The summed E-state index contributed by atoms with van der Waals surface area (Å²) in [7, 11) is 0. The number of halogens is 1. The fourth-order valence-electron chi connectivity index (χ4n) is 1.10. The number of nitro groups is 1. The summed E-state index contributed by atoms with van der Waals surface area (Å²) in [5.41, 5.74) is 1.61. The van der Waals surface area contributed by atoms with E-state index >= 15 is 0 Å². The standard InChI is InChI=1S/C9H7IN4O4/c10-6-1-5(3-11)2-7(14(16)17)9(6)18-4-8(15)13-12/h1-2H,4,12H2,(H,13,15). The number of nitro benzene ring substituents is 1. The molecule has 0 fully saturated rings. The Morgan fingerprint density at radius 1 is 1.67 bits per heavy atom. The Balaban J connectivity index is 3.13. The molecule has 0 radical (unpaired) electrons. The van der Waals surface area contributed by atoms with Crippen LogP contribution >= 0.6 is 22.6 Å². The molecule has 0 saturated heterocycles. The summed E-state index contributed by atoms with van der Waals surface area (Å²) < 4.78 is 5.39. The van der Waals surface area contributed by atoms with Crippen molar-refractivity contribution in [2.45, 2.75) is 0 Å². The number of carbonyl (C=O) groups excluding carboxylic acids is 1. The Morgan fingerprint density at radius 2 is 2.33 bits per heavy atom. The van der Waals surface area contributed by atoms with Crippen molar-refractivity contribution in [3.8, 4) is 11.8 Å². The minimum atomic E-state index is -0.682. The number of rotatable bonds is 4. The highest BCUT2D eigenvalue weighted by atomic mass is 127. The van der Waals surface area contributed by atoms with E-state index in [0.29, 0.717) is 3.57 Å². The SMILES string of the molecule is N#Cc1cc(I)c(OCC(=O)NN)c([N+](=O)[O-])c1. The van der Waals surface area contributed by atoms with Crippen LogP contribution in [0.3, 0.4) is 0 Å². The maximum atomic E-state index is 10.9. The number of amides is 1. The molecule has 0 aliphatic heterocycles. The molecule has 3 N–H and O–H groups in total. The molecule has 1 aromatic carbocycles. The largest absolute Gasteiger partial charge is 0.476 e. The highest BCUT2D eigenvalue weighted by molar-refractivity contribution is 14.1. The Kier molecular flexibility index (Phi) is 4.81. The topological polar surface area (TPSA) is 131 Å². The molecule has 1 aromatic rings. The zero-order chi connectivity index (χ0) is 13.7.